The fraction of sp³-hybridized carbons (Fsp3) is 0.100. The zero-order valence-corrected chi connectivity index (χ0v) is 14.5. The lowest BCUT2D eigenvalue weighted by molar-refractivity contribution is 0.481. The molecule has 124 valence electrons. The first-order chi connectivity index (χ1) is 12.3. The second-order valence-corrected chi connectivity index (χ2v) is 6.62. The highest BCUT2D eigenvalue weighted by atomic mass is 32.2. The zero-order chi connectivity index (χ0) is 17.1. The maximum Gasteiger partial charge on any atom is 0.205 e. The molecule has 0 saturated carbocycles. The van der Waals surface area contributed by atoms with E-state index in [1.165, 1.54) is 0 Å². The number of fused-ring (bicyclic) bond motifs is 1. The van der Waals surface area contributed by atoms with E-state index in [4.69, 9.17) is 9.15 Å². The molecule has 0 saturated heterocycles. The van der Waals surface area contributed by atoms with Gasteiger partial charge in [-0.15, -0.1) is 11.8 Å². The Morgan fingerprint density at radius 3 is 2.72 bits per heavy atom. The minimum Gasteiger partial charge on any atom is -0.457 e. The van der Waals surface area contributed by atoms with Crippen LogP contribution < -0.4 is 4.74 Å². The quantitative estimate of drug-likeness (QED) is 0.438. The SMILES string of the molecule is Cc1cc(SCc2nc3ccc(Oc4ccccc4)cc3o2)ccn1. The van der Waals surface area contributed by atoms with Gasteiger partial charge in [0.25, 0.3) is 0 Å². The minimum atomic E-state index is 0.674. The maximum absolute atomic E-state index is 5.87. The fourth-order valence-corrected chi connectivity index (χ4v) is 3.28. The molecule has 0 bridgehead atoms. The summed E-state index contributed by atoms with van der Waals surface area (Å²) in [6.45, 7) is 1.98. The van der Waals surface area contributed by atoms with E-state index in [1.807, 2.05) is 67.7 Å². The Balaban J connectivity index is 1.50. The van der Waals surface area contributed by atoms with E-state index in [0.29, 0.717) is 11.6 Å². The second-order valence-electron chi connectivity index (χ2n) is 5.57. The number of benzene rings is 2. The lowest BCUT2D eigenvalue weighted by atomic mass is 10.3. The van der Waals surface area contributed by atoms with Gasteiger partial charge in [0.1, 0.15) is 17.0 Å². The van der Waals surface area contributed by atoms with E-state index in [-0.39, 0.29) is 0 Å². The van der Waals surface area contributed by atoms with Crippen LogP contribution in [0.2, 0.25) is 0 Å². The number of nitrogens with zero attached hydrogens (tertiary/aromatic N) is 2. The lowest BCUT2D eigenvalue weighted by Gasteiger charge is -2.04. The van der Waals surface area contributed by atoms with Gasteiger partial charge in [-0.3, -0.25) is 4.98 Å². The van der Waals surface area contributed by atoms with E-state index in [9.17, 15) is 0 Å². The molecule has 0 unspecified atom stereocenters. The maximum atomic E-state index is 5.87. The summed E-state index contributed by atoms with van der Waals surface area (Å²) in [6, 6.07) is 19.4. The van der Waals surface area contributed by atoms with Gasteiger partial charge in [-0.25, -0.2) is 4.98 Å². The summed E-state index contributed by atoms with van der Waals surface area (Å²) < 4.78 is 11.7. The van der Waals surface area contributed by atoms with Gasteiger partial charge in [0.15, 0.2) is 5.58 Å². The molecule has 2 heterocycles. The van der Waals surface area contributed by atoms with Crippen LogP contribution in [0.15, 0.2) is 76.2 Å². The van der Waals surface area contributed by atoms with Gasteiger partial charge in [0.05, 0.1) is 5.75 Å². The van der Waals surface area contributed by atoms with E-state index in [2.05, 4.69) is 16.0 Å². The summed E-state index contributed by atoms with van der Waals surface area (Å²) >= 11 is 1.68. The Bertz CT molecular complexity index is 999. The van der Waals surface area contributed by atoms with E-state index in [1.54, 1.807) is 11.8 Å². The molecule has 0 aliphatic carbocycles. The Labute approximate surface area is 149 Å². The van der Waals surface area contributed by atoms with Crippen molar-refractivity contribution in [1.29, 1.82) is 0 Å². The number of thioether (sulfide) groups is 1. The van der Waals surface area contributed by atoms with Gasteiger partial charge in [-0.1, -0.05) is 18.2 Å². The molecule has 4 aromatic rings. The summed E-state index contributed by atoms with van der Waals surface area (Å²) in [5.74, 6) is 2.91. The van der Waals surface area contributed by atoms with Crippen molar-refractivity contribution in [1.82, 2.24) is 9.97 Å². The predicted molar refractivity (Wildman–Crippen MR) is 99.1 cm³/mol. The number of aromatic nitrogens is 2. The predicted octanol–water partition coefficient (Wildman–Crippen LogP) is 5.62. The second kappa shape index (κ2) is 6.99. The highest BCUT2D eigenvalue weighted by molar-refractivity contribution is 7.98. The monoisotopic (exact) mass is 348 g/mol. The fourth-order valence-electron chi connectivity index (χ4n) is 2.46. The lowest BCUT2D eigenvalue weighted by Crippen LogP contribution is -1.83. The van der Waals surface area contributed by atoms with Crippen LogP contribution in [0.1, 0.15) is 11.6 Å². The Kier molecular flexibility index (Phi) is 4.39. The molecule has 0 radical (unpaired) electrons. The number of hydrogen-bond acceptors (Lipinski definition) is 5. The number of oxazole rings is 1. The first-order valence-corrected chi connectivity index (χ1v) is 8.93. The highest BCUT2D eigenvalue weighted by Gasteiger charge is 2.08. The number of para-hydroxylation sites is 1. The Morgan fingerprint density at radius 1 is 1.00 bits per heavy atom. The summed E-state index contributed by atoms with van der Waals surface area (Å²) in [7, 11) is 0. The number of rotatable bonds is 5. The van der Waals surface area contributed by atoms with Crippen molar-refractivity contribution in [3.05, 3.63) is 78.4 Å². The molecular formula is C20H16N2O2S. The molecule has 0 fully saturated rings. The van der Waals surface area contributed by atoms with Crippen LogP contribution >= 0.6 is 11.8 Å². The first-order valence-electron chi connectivity index (χ1n) is 7.94. The van der Waals surface area contributed by atoms with Gasteiger partial charge >= 0.3 is 0 Å². The van der Waals surface area contributed by atoms with E-state index in [0.717, 1.165) is 33.2 Å². The minimum absolute atomic E-state index is 0.674. The molecule has 25 heavy (non-hydrogen) atoms. The Hall–Kier alpha value is -2.79. The van der Waals surface area contributed by atoms with Gasteiger partial charge in [-0.05, 0) is 43.3 Å². The molecular weight excluding hydrogens is 332 g/mol. The van der Waals surface area contributed by atoms with Gasteiger partial charge in [0.2, 0.25) is 5.89 Å². The van der Waals surface area contributed by atoms with Crippen LogP contribution in [0.4, 0.5) is 0 Å². The average molecular weight is 348 g/mol. The molecule has 2 aromatic carbocycles. The molecule has 2 aromatic heterocycles. The first kappa shape index (κ1) is 15.7. The average Bonchev–Trinajstić information content (AvgIpc) is 3.03. The third-order valence-electron chi connectivity index (χ3n) is 3.61. The number of pyridine rings is 1. The van der Waals surface area contributed by atoms with Crippen molar-refractivity contribution >= 4 is 22.9 Å². The summed E-state index contributed by atoms with van der Waals surface area (Å²) in [4.78, 5) is 9.90. The molecule has 4 nitrogen and oxygen atoms in total. The molecule has 0 aliphatic rings. The number of aryl methyl sites for hydroxylation is 1. The smallest absolute Gasteiger partial charge is 0.205 e. The van der Waals surface area contributed by atoms with Crippen molar-refractivity contribution in [2.75, 3.05) is 0 Å². The van der Waals surface area contributed by atoms with Crippen molar-refractivity contribution in [3.63, 3.8) is 0 Å². The van der Waals surface area contributed by atoms with Crippen molar-refractivity contribution in [2.45, 2.75) is 17.6 Å². The van der Waals surface area contributed by atoms with Gasteiger partial charge in [0, 0.05) is 22.9 Å². The van der Waals surface area contributed by atoms with Crippen LogP contribution in [0.3, 0.4) is 0 Å². The third-order valence-corrected chi connectivity index (χ3v) is 4.59. The number of hydrogen-bond donors (Lipinski definition) is 0. The standard InChI is InChI=1S/C20H16N2O2S/c1-14-11-17(9-10-21-14)25-13-20-22-18-8-7-16(12-19(18)24-20)23-15-5-3-2-4-6-15/h2-12H,13H2,1H3. The molecule has 0 spiro atoms. The zero-order valence-electron chi connectivity index (χ0n) is 13.7. The molecule has 0 amide bonds. The van der Waals surface area contributed by atoms with Crippen LogP contribution in [0.5, 0.6) is 11.5 Å². The van der Waals surface area contributed by atoms with Crippen LogP contribution in [-0.4, -0.2) is 9.97 Å². The molecule has 4 rings (SSSR count). The van der Waals surface area contributed by atoms with Gasteiger partial charge in [-0.2, -0.15) is 0 Å². The number of ether oxygens (including phenoxy) is 1. The van der Waals surface area contributed by atoms with E-state index >= 15 is 0 Å². The largest absolute Gasteiger partial charge is 0.457 e. The Morgan fingerprint density at radius 2 is 1.88 bits per heavy atom. The molecule has 0 N–H and O–H groups in total. The normalized spacial score (nSPS) is 10.9. The van der Waals surface area contributed by atoms with Crippen LogP contribution in [-0.2, 0) is 5.75 Å². The van der Waals surface area contributed by atoms with Crippen molar-refractivity contribution in [3.8, 4) is 11.5 Å². The highest BCUT2D eigenvalue weighted by Crippen LogP contribution is 2.28. The van der Waals surface area contributed by atoms with Crippen molar-refractivity contribution in [2.24, 2.45) is 0 Å². The third kappa shape index (κ3) is 3.83. The van der Waals surface area contributed by atoms with Crippen molar-refractivity contribution < 1.29 is 9.15 Å². The summed E-state index contributed by atoms with van der Waals surface area (Å²) in [5.41, 5.74) is 2.57. The summed E-state index contributed by atoms with van der Waals surface area (Å²) in [6.07, 6.45) is 1.82. The van der Waals surface area contributed by atoms with Crippen LogP contribution in [0, 0.1) is 6.92 Å². The molecule has 0 atom stereocenters. The topological polar surface area (TPSA) is 48.2 Å². The molecule has 0 aliphatic heterocycles. The summed E-state index contributed by atoms with van der Waals surface area (Å²) in [5, 5.41) is 0. The van der Waals surface area contributed by atoms with E-state index < -0.39 is 0 Å². The van der Waals surface area contributed by atoms with Crippen LogP contribution in [0.25, 0.3) is 11.1 Å². The molecule has 5 heteroatoms. The van der Waals surface area contributed by atoms with Gasteiger partial charge < -0.3 is 9.15 Å².